The van der Waals surface area contributed by atoms with Gasteiger partial charge in [-0.15, -0.1) is 0 Å². The number of hydrogen-bond donors (Lipinski definition) is 1. The average molecular weight is 359 g/mol. The van der Waals surface area contributed by atoms with Crippen LogP contribution < -0.4 is 10.6 Å². The van der Waals surface area contributed by atoms with Gasteiger partial charge in [0.25, 0.3) is 0 Å². The molecule has 2 N–H and O–H groups in total. The third-order valence-corrected chi connectivity index (χ3v) is 3.54. The Morgan fingerprint density at radius 2 is 1.86 bits per heavy atom. The fraction of sp³-hybridized carbons (Fsp3) is 0.200. The molecule has 2 nitrogen and oxygen atoms in total. The van der Waals surface area contributed by atoms with Gasteiger partial charge in [0.1, 0.15) is 0 Å². The Hall–Kier alpha value is -1.69. The summed E-state index contributed by atoms with van der Waals surface area (Å²) in [5, 5.41) is 0. The van der Waals surface area contributed by atoms with Crippen molar-refractivity contribution in [2.24, 2.45) is 0 Å². The van der Waals surface area contributed by atoms with E-state index in [0.29, 0.717) is 16.7 Å². The Labute approximate surface area is 129 Å². The van der Waals surface area contributed by atoms with Crippen molar-refractivity contribution in [3.05, 3.63) is 58.1 Å². The molecule has 0 aliphatic rings. The molecule has 0 bridgehead atoms. The van der Waals surface area contributed by atoms with Gasteiger partial charge in [-0.3, -0.25) is 0 Å². The Morgan fingerprint density at radius 1 is 1.14 bits per heavy atom. The van der Waals surface area contributed by atoms with Gasteiger partial charge in [0.15, 0.2) is 0 Å². The van der Waals surface area contributed by atoms with Gasteiger partial charge in [0, 0.05) is 29.4 Å². The first-order valence-corrected chi connectivity index (χ1v) is 6.99. The van der Waals surface area contributed by atoms with Crippen LogP contribution in [0.2, 0.25) is 0 Å². The zero-order valence-corrected chi connectivity index (χ0v) is 12.9. The highest BCUT2D eigenvalue weighted by Crippen LogP contribution is 2.38. The van der Waals surface area contributed by atoms with Gasteiger partial charge in [0.2, 0.25) is 0 Å². The monoisotopic (exact) mass is 358 g/mol. The number of nitrogens with two attached hydrogens (primary N) is 1. The van der Waals surface area contributed by atoms with Gasteiger partial charge in [0.05, 0.1) is 5.56 Å². The first-order chi connectivity index (χ1) is 9.77. The van der Waals surface area contributed by atoms with E-state index in [1.807, 2.05) is 6.07 Å². The van der Waals surface area contributed by atoms with Crippen molar-refractivity contribution in [1.29, 1.82) is 0 Å². The molecule has 0 aromatic heterocycles. The van der Waals surface area contributed by atoms with E-state index < -0.39 is 11.7 Å². The van der Waals surface area contributed by atoms with E-state index in [0.717, 1.165) is 11.6 Å². The summed E-state index contributed by atoms with van der Waals surface area (Å²) in [6, 6.07) is 11.3. The molecule has 0 heterocycles. The molecule has 21 heavy (non-hydrogen) atoms. The molecule has 0 unspecified atom stereocenters. The molecule has 0 aliphatic carbocycles. The van der Waals surface area contributed by atoms with Crippen molar-refractivity contribution in [1.82, 2.24) is 0 Å². The van der Waals surface area contributed by atoms with Crippen molar-refractivity contribution < 1.29 is 13.2 Å². The Balaban J connectivity index is 2.33. The van der Waals surface area contributed by atoms with Gasteiger partial charge < -0.3 is 10.6 Å². The van der Waals surface area contributed by atoms with Crippen LogP contribution in [0.4, 0.5) is 24.5 Å². The van der Waals surface area contributed by atoms with Crippen LogP contribution in [0.1, 0.15) is 11.1 Å². The third-order valence-electron chi connectivity index (χ3n) is 3.05. The van der Waals surface area contributed by atoms with E-state index in [9.17, 15) is 13.2 Å². The molecule has 0 amide bonds. The highest BCUT2D eigenvalue weighted by Gasteiger charge is 2.34. The topological polar surface area (TPSA) is 29.3 Å². The molecule has 0 aliphatic heterocycles. The normalized spacial score (nSPS) is 11.5. The maximum atomic E-state index is 13.1. The average Bonchev–Trinajstić information content (AvgIpc) is 2.37. The molecule has 0 atom stereocenters. The molecule has 0 spiro atoms. The van der Waals surface area contributed by atoms with E-state index in [1.54, 1.807) is 36.2 Å². The first kappa shape index (κ1) is 15.7. The molecular formula is C15H14BrF3N2. The molecule has 0 fully saturated rings. The van der Waals surface area contributed by atoms with Crippen LogP contribution in [0.5, 0.6) is 0 Å². The Morgan fingerprint density at radius 3 is 2.48 bits per heavy atom. The maximum absolute atomic E-state index is 13.1. The summed E-state index contributed by atoms with van der Waals surface area (Å²) < 4.78 is 39.8. The summed E-state index contributed by atoms with van der Waals surface area (Å²) in [5.74, 6) is 0. The predicted molar refractivity (Wildman–Crippen MR) is 82.1 cm³/mol. The molecule has 112 valence electrons. The highest BCUT2D eigenvalue weighted by molar-refractivity contribution is 9.10. The fourth-order valence-corrected chi connectivity index (χ4v) is 2.48. The minimum absolute atomic E-state index is 0.133. The molecule has 0 saturated carbocycles. The van der Waals surface area contributed by atoms with Crippen LogP contribution in [0.3, 0.4) is 0 Å². The van der Waals surface area contributed by atoms with Crippen LogP contribution in [0.25, 0.3) is 0 Å². The van der Waals surface area contributed by atoms with Crippen molar-refractivity contribution in [2.45, 2.75) is 12.7 Å². The van der Waals surface area contributed by atoms with E-state index in [4.69, 9.17) is 5.73 Å². The Kier molecular flexibility index (Phi) is 4.46. The smallest absolute Gasteiger partial charge is 0.399 e. The number of nitrogens with zero attached hydrogens (tertiary/aromatic N) is 1. The van der Waals surface area contributed by atoms with E-state index >= 15 is 0 Å². The summed E-state index contributed by atoms with van der Waals surface area (Å²) in [6.45, 7) is 0.343. The largest absolute Gasteiger partial charge is 0.418 e. The van der Waals surface area contributed by atoms with Crippen molar-refractivity contribution in [2.75, 3.05) is 17.7 Å². The quantitative estimate of drug-likeness (QED) is 0.806. The zero-order chi connectivity index (χ0) is 15.6. The number of nitrogen functional groups attached to an aromatic ring is 1. The van der Waals surface area contributed by atoms with Crippen molar-refractivity contribution in [3.8, 4) is 0 Å². The van der Waals surface area contributed by atoms with Gasteiger partial charge in [-0.05, 0) is 35.9 Å². The zero-order valence-electron chi connectivity index (χ0n) is 11.3. The Bertz CT molecular complexity index is 641. The van der Waals surface area contributed by atoms with Crippen LogP contribution in [0, 0.1) is 0 Å². The molecule has 2 aromatic rings. The highest BCUT2D eigenvalue weighted by atomic mass is 79.9. The number of benzene rings is 2. The number of anilines is 2. The first-order valence-electron chi connectivity index (χ1n) is 6.19. The molecular weight excluding hydrogens is 345 g/mol. The molecule has 0 saturated heterocycles. The second-order valence-corrected chi connectivity index (χ2v) is 5.68. The van der Waals surface area contributed by atoms with Gasteiger partial charge in [-0.2, -0.15) is 13.2 Å². The second-order valence-electron chi connectivity index (χ2n) is 4.76. The number of hydrogen-bond acceptors (Lipinski definition) is 2. The lowest BCUT2D eigenvalue weighted by Crippen LogP contribution is -2.21. The second kappa shape index (κ2) is 5.97. The number of halogens is 4. The van der Waals surface area contributed by atoms with Crippen LogP contribution in [-0.2, 0) is 12.7 Å². The number of rotatable bonds is 3. The van der Waals surface area contributed by atoms with E-state index in [1.165, 1.54) is 6.07 Å². The van der Waals surface area contributed by atoms with Crippen LogP contribution >= 0.6 is 15.9 Å². The lowest BCUT2D eigenvalue weighted by atomic mass is 10.1. The fourth-order valence-electron chi connectivity index (χ4n) is 2.12. The summed E-state index contributed by atoms with van der Waals surface area (Å²) >= 11 is 3.08. The van der Waals surface area contributed by atoms with Gasteiger partial charge in [-0.25, -0.2) is 0 Å². The summed E-state index contributed by atoms with van der Waals surface area (Å²) in [7, 11) is 1.63. The van der Waals surface area contributed by atoms with Crippen LogP contribution in [-0.4, -0.2) is 7.05 Å². The lowest BCUT2D eigenvalue weighted by Gasteiger charge is -2.24. The van der Waals surface area contributed by atoms with Gasteiger partial charge in [-0.1, -0.05) is 28.1 Å². The van der Waals surface area contributed by atoms with Crippen molar-refractivity contribution >= 4 is 27.3 Å². The van der Waals surface area contributed by atoms with E-state index in [-0.39, 0.29) is 5.69 Å². The number of alkyl halides is 3. The predicted octanol–water partition coefficient (Wildman–Crippen LogP) is 4.69. The standard InChI is InChI=1S/C15H14BrF3N2/c1-21(9-10-3-2-4-12(20)7-10)14-6-5-11(16)8-13(14)15(17,18)19/h2-8H,9,20H2,1H3. The summed E-state index contributed by atoms with van der Waals surface area (Å²) in [5.41, 5.74) is 6.60. The van der Waals surface area contributed by atoms with Gasteiger partial charge >= 0.3 is 6.18 Å². The minimum atomic E-state index is -4.40. The summed E-state index contributed by atoms with van der Waals surface area (Å²) in [4.78, 5) is 1.56. The molecule has 2 rings (SSSR count). The minimum Gasteiger partial charge on any atom is -0.399 e. The molecule has 0 radical (unpaired) electrons. The van der Waals surface area contributed by atoms with E-state index in [2.05, 4.69) is 15.9 Å². The lowest BCUT2D eigenvalue weighted by molar-refractivity contribution is -0.137. The molecule has 6 heteroatoms. The SMILES string of the molecule is CN(Cc1cccc(N)c1)c1ccc(Br)cc1C(F)(F)F. The van der Waals surface area contributed by atoms with Crippen molar-refractivity contribution in [3.63, 3.8) is 0 Å². The molecule has 2 aromatic carbocycles. The summed E-state index contributed by atoms with van der Waals surface area (Å²) in [6.07, 6.45) is -4.40. The van der Waals surface area contributed by atoms with Crippen LogP contribution in [0.15, 0.2) is 46.9 Å². The maximum Gasteiger partial charge on any atom is 0.418 e. The third kappa shape index (κ3) is 3.91.